The predicted molar refractivity (Wildman–Crippen MR) is 142 cm³/mol. The Bertz CT molecular complexity index is 1190. The van der Waals surface area contributed by atoms with Crippen molar-refractivity contribution in [2.75, 3.05) is 32.2 Å². The van der Waals surface area contributed by atoms with Gasteiger partial charge in [-0.25, -0.2) is 0 Å². The van der Waals surface area contributed by atoms with Gasteiger partial charge in [0.1, 0.15) is 11.5 Å². The van der Waals surface area contributed by atoms with E-state index >= 15 is 0 Å². The highest BCUT2D eigenvalue weighted by atomic mass is 16.5. The minimum absolute atomic E-state index is 0.0326. The Labute approximate surface area is 213 Å². The van der Waals surface area contributed by atoms with Gasteiger partial charge < -0.3 is 14.4 Å². The summed E-state index contributed by atoms with van der Waals surface area (Å²) in [6.45, 7) is 5.44. The zero-order valence-corrected chi connectivity index (χ0v) is 21.4. The molecule has 1 aliphatic rings. The molecule has 0 unspecified atom stereocenters. The number of hydrogen-bond acceptors (Lipinski definition) is 4. The zero-order chi connectivity index (χ0) is 25.7. The van der Waals surface area contributed by atoms with E-state index in [0.29, 0.717) is 30.1 Å². The predicted octanol–water partition coefficient (Wildman–Crippen LogP) is 5.84. The van der Waals surface area contributed by atoms with E-state index in [1.54, 1.807) is 19.1 Å². The fourth-order valence-corrected chi connectivity index (χ4v) is 4.94. The Balaban J connectivity index is 1.92. The number of ether oxygens (including phenoxy) is 2. The fourth-order valence-electron chi connectivity index (χ4n) is 4.94. The van der Waals surface area contributed by atoms with Crippen LogP contribution in [0.1, 0.15) is 60.1 Å². The second-order valence-electron chi connectivity index (χ2n) is 8.93. The number of methoxy groups -OCH3 is 2. The number of hydrogen-bond donors (Lipinski definition) is 0. The number of carbonyl (C=O) groups excluding carboxylic acids is 2. The van der Waals surface area contributed by atoms with Crippen LogP contribution in [-0.2, 0) is 4.79 Å². The van der Waals surface area contributed by atoms with Gasteiger partial charge >= 0.3 is 0 Å². The summed E-state index contributed by atoms with van der Waals surface area (Å²) in [5.41, 5.74) is 2.92. The molecule has 188 valence electrons. The van der Waals surface area contributed by atoms with Crippen LogP contribution in [0.25, 0.3) is 0 Å². The maximum Gasteiger partial charge on any atom is 0.259 e. The van der Waals surface area contributed by atoms with Gasteiger partial charge in [-0.2, -0.15) is 0 Å². The first-order valence-corrected chi connectivity index (χ1v) is 12.5. The van der Waals surface area contributed by atoms with Crippen molar-refractivity contribution in [2.45, 2.75) is 38.6 Å². The smallest absolute Gasteiger partial charge is 0.259 e. The average Bonchev–Trinajstić information content (AvgIpc) is 2.93. The first kappa shape index (κ1) is 25.3. The van der Waals surface area contributed by atoms with Gasteiger partial charge in [0.15, 0.2) is 0 Å². The van der Waals surface area contributed by atoms with Crippen molar-refractivity contribution in [3.8, 4) is 11.5 Å². The molecule has 0 saturated heterocycles. The number of anilines is 1. The van der Waals surface area contributed by atoms with Crippen LogP contribution in [0, 0.1) is 0 Å². The second kappa shape index (κ2) is 11.3. The SMILES string of the molecule is CCCCN(CC)C(=O)[C@@H]1c2ccccc2C(=O)N(c2ccc(OC)cc2)[C@@H]1c1ccc(OC)cc1. The van der Waals surface area contributed by atoms with E-state index in [2.05, 4.69) is 6.92 Å². The van der Waals surface area contributed by atoms with Gasteiger partial charge in [-0.05, 0) is 66.9 Å². The van der Waals surface area contributed by atoms with Crippen LogP contribution in [0.4, 0.5) is 5.69 Å². The van der Waals surface area contributed by atoms with Crippen molar-refractivity contribution in [1.82, 2.24) is 4.90 Å². The Morgan fingerprint density at radius 1 is 0.889 bits per heavy atom. The lowest BCUT2D eigenvalue weighted by Crippen LogP contribution is -2.48. The van der Waals surface area contributed by atoms with E-state index in [9.17, 15) is 9.59 Å². The molecule has 0 fully saturated rings. The Morgan fingerprint density at radius 3 is 2.08 bits per heavy atom. The lowest BCUT2D eigenvalue weighted by atomic mass is 9.78. The van der Waals surface area contributed by atoms with Crippen molar-refractivity contribution < 1.29 is 19.1 Å². The van der Waals surface area contributed by atoms with Gasteiger partial charge in [0.2, 0.25) is 5.91 Å². The molecular weight excluding hydrogens is 452 g/mol. The lowest BCUT2D eigenvalue weighted by molar-refractivity contribution is -0.133. The van der Waals surface area contributed by atoms with Crippen LogP contribution in [0.15, 0.2) is 72.8 Å². The van der Waals surface area contributed by atoms with E-state index in [4.69, 9.17) is 9.47 Å². The normalized spacial score (nSPS) is 16.9. The van der Waals surface area contributed by atoms with Crippen LogP contribution < -0.4 is 14.4 Å². The van der Waals surface area contributed by atoms with Gasteiger partial charge in [-0.1, -0.05) is 43.7 Å². The van der Waals surface area contributed by atoms with Crippen LogP contribution in [0.3, 0.4) is 0 Å². The topological polar surface area (TPSA) is 59.1 Å². The Kier molecular flexibility index (Phi) is 7.93. The summed E-state index contributed by atoms with van der Waals surface area (Å²) >= 11 is 0. The number of benzene rings is 3. The third-order valence-corrected chi connectivity index (χ3v) is 6.89. The first-order chi connectivity index (χ1) is 17.5. The molecule has 0 aromatic heterocycles. The molecule has 36 heavy (non-hydrogen) atoms. The third-order valence-electron chi connectivity index (χ3n) is 6.89. The minimum Gasteiger partial charge on any atom is -0.497 e. The van der Waals surface area contributed by atoms with E-state index < -0.39 is 12.0 Å². The number of likely N-dealkylation sites (N-methyl/N-ethyl adjacent to an activating group) is 1. The Hall–Kier alpha value is -3.80. The molecule has 0 N–H and O–H groups in total. The molecule has 0 radical (unpaired) electrons. The summed E-state index contributed by atoms with van der Waals surface area (Å²) in [4.78, 5) is 31.9. The molecular formula is C30H34N2O4. The summed E-state index contributed by atoms with van der Waals surface area (Å²) in [7, 11) is 3.24. The second-order valence-corrected chi connectivity index (χ2v) is 8.93. The van der Waals surface area contributed by atoms with E-state index in [-0.39, 0.29) is 11.8 Å². The van der Waals surface area contributed by atoms with Gasteiger partial charge in [0.25, 0.3) is 5.91 Å². The Morgan fingerprint density at radius 2 is 1.50 bits per heavy atom. The molecule has 3 aromatic rings. The summed E-state index contributed by atoms with van der Waals surface area (Å²) in [6.07, 6.45) is 1.94. The van der Waals surface area contributed by atoms with Crippen molar-refractivity contribution >= 4 is 17.5 Å². The first-order valence-electron chi connectivity index (χ1n) is 12.5. The maximum atomic E-state index is 14.2. The van der Waals surface area contributed by atoms with E-state index in [1.165, 1.54) is 0 Å². The quantitative estimate of drug-likeness (QED) is 0.381. The molecule has 4 rings (SSSR count). The average molecular weight is 487 g/mol. The standard InChI is InChI=1S/C30H34N2O4/c1-5-7-20-31(6-2)30(34)27-25-10-8-9-11-26(25)29(33)32(22-14-18-24(36-4)19-15-22)28(27)21-12-16-23(35-3)17-13-21/h8-19,27-28H,5-7,20H2,1-4H3/t27-,28-/m1/s1. The highest BCUT2D eigenvalue weighted by Gasteiger charge is 2.45. The van der Waals surface area contributed by atoms with E-state index in [0.717, 1.165) is 29.7 Å². The van der Waals surface area contributed by atoms with Crippen LogP contribution in [0.5, 0.6) is 11.5 Å². The van der Waals surface area contributed by atoms with Crippen molar-refractivity contribution in [3.63, 3.8) is 0 Å². The molecule has 3 aromatic carbocycles. The molecule has 0 bridgehead atoms. The van der Waals surface area contributed by atoms with Gasteiger partial charge in [0, 0.05) is 24.3 Å². The molecule has 0 saturated carbocycles. The summed E-state index contributed by atoms with van der Waals surface area (Å²) in [6, 6.07) is 22.1. The minimum atomic E-state index is -0.550. The number of rotatable bonds is 9. The number of carbonyl (C=O) groups is 2. The van der Waals surface area contributed by atoms with Crippen LogP contribution >= 0.6 is 0 Å². The third kappa shape index (κ3) is 4.81. The number of amides is 2. The molecule has 1 heterocycles. The largest absolute Gasteiger partial charge is 0.497 e. The molecule has 0 aliphatic carbocycles. The number of fused-ring (bicyclic) bond motifs is 1. The number of nitrogens with zero attached hydrogens (tertiary/aromatic N) is 2. The highest BCUT2D eigenvalue weighted by molar-refractivity contribution is 6.11. The van der Waals surface area contributed by atoms with Crippen molar-refractivity contribution in [1.29, 1.82) is 0 Å². The summed E-state index contributed by atoms with van der Waals surface area (Å²) in [5, 5.41) is 0. The maximum absolute atomic E-state index is 14.2. The van der Waals surface area contributed by atoms with Crippen molar-refractivity contribution in [3.05, 3.63) is 89.5 Å². The molecule has 2 amide bonds. The fraction of sp³-hybridized carbons (Fsp3) is 0.333. The van der Waals surface area contributed by atoms with E-state index in [1.807, 2.05) is 84.6 Å². The highest BCUT2D eigenvalue weighted by Crippen LogP contribution is 2.46. The molecule has 6 nitrogen and oxygen atoms in total. The zero-order valence-electron chi connectivity index (χ0n) is 21.4. The monoisotopic (exact) mass is 486 g/mol. The van der Waals surface area contributed by atoms with Crippen LogP contribution in [0.2, 0.25) is 0 Å². The molecule has 6 heteroatoms. The molecule has 2 atom stereocenters. The summed E-state index contributed by atoms with van der Waals surface area (Å²) < 4.78 is 10.7. The lowest BCUT2D eigenvalue weighted by Gasteiger charge is -2.43. The molecule has 1 aliphatic heterocycles. The van der Waals surface area contributed by atoms with Crippen LogP contribution in [-0.4, -0.2) is 44.0 Å². The number of unbranched alkanes of at least 4 members (excludes halogenated alkanes) is 1. The van der Waals surface area contributed by atoms with Gasteiger partial charge in [-0.3, -0.25) is 14.5 Å². The van der Waals surface area contributed by atoms with Gasteiger partial charge in [-0.15, -0.1) is 0 Å². The summed E-state index contributed by atoms with van der Waals surface area (Å²) in [5.74, 6) is 0.779. The van der Waals surface area contributed by atoms with Gasteiger partial charge in [0.05, 0.1) is 26.2 Å². The molecule has 0 spiro atoms. The van der Waals surface area contributed by atoms with Crippen molar-refractivity contribution in [2.24, 2.45) is 0 Å².